The van der Waals surface area contributed by atoms with Crippen LogP contribution in [0.25, 0.3) is 5.82 Å². The van der Waals surface area contributed by atoms with Gasteiger partial charge in [0, 0.05) is 12.4 Å². The average molecular weight is 372 g/mol. The molecular weight excluding hydrogens is 356 g/mol. The summed E-state index contributed by atoms with van der Waals surface area (Å²) in [6, 6.07) is 19.1. The number of hydrogen-bond donors (Lipinski definition) is 1. The van der Waals surface area contributed by atoms with Gasteiger partial charge in [-0.1, -0.05) is 60.7 Å². The molecule has 2 heterocycles. The van der Waals surface area contributed by atoms with Crippen LogP contribution in [0.5, 0.6) is 0 Å². The van der Waals surface area contributed by atoms with Crippen LogP contribution in [0.3, 0.4) is 0 Å². The van der Waals surface area contributed by atoms with Gasteiger partial charge in [-0.3, -0.25) is 14.7 Å². The van der Waals surface area contributed by atoms with E-state index in [1.807, 2.05) is 60.7 Å². The SMILES string of the molecule is O=[N+]([O-])c1c(NC(c2ccccc2)c2ccccc2)ncnc1-n1ccnc1. The highest BCUT2D eigenvalue weighted by molar-refractivity contribution is 5.65. The lowest BCUT2D eigenvalue weighted by molar-refractivity contribution is -0.384. The quantitative estimate of drug-likeness (QED) is 0.409. The number of nitrogens with zero attached hydrogens (tertiary/aromatic N) is 5. The van der Waals surface area contributed by atoms with Crippen LogP contribution in [-0.2, 0) is 0 Å². The summed E-state index contributed by atoms with van der Waals surface area (Å²) in [6.07, 6.45) is 5.91. The molecule has 4 rings (SSSR count). The van der Waals surface area contributed by atoms with Gasteiger partial charge in [0.05, 0.1) is 11.0 Å². The van der Waals surface area contributed by atoms with Crippen LogP contribution < -0.4 is 5.32 Å². The van der Waals surface area contributed by atoms with E-state index in [2.05, 4.69) is 20.3 Å². The van der Waals surface area contributed by atoms with Crippen molar-refractivity contribution in [2.45, 2.75) is 6.04 Å². The second kappa shape index (κ2) is 7.67. The molecule has 8 nitrogen and oxygen atoms in total. The van der Waals surface area contributed by atoms with Gasteiger partial charge >= 0.3 is 5.69 Å². The number of rotatable bonds is 6. The lowest BCUT2D eigenvalue weighted by Crippen LogP contribution is -2.16. The molecule has 1 N–H and O–H groups in total. The van der Waals surface area contributed by atoms with Crippen molar-refractivity contribution in [3.8, 4) is 5.82 Å². The van der Waals surface area contributed by atoms with E-state index in [1.54, 1.807) is 6.20 Å². The third-order valence-electron chi connectivity index (χ3n) is 4.28. The highest BCUT2D eigenvalue weighted by Gasteiger charge is 2.26. The van der Waals surface area contributed by atoms with E-state index in [9.17, 15) is 10.1 Å². The Morgan fingerprint density at radius 3 is 2.14 bits per heavy atom. The molecular formula is C20H16N6O2. The maximum Gasteiger partial charge on any atom is 0.354 e. The van der Waals surface area contributed by atoms with Crippen molar-refractivity contribution < 1.29 is 4.92 Å². The van der Waals surface area contributed by atoms with Gasteiger partial charge in [0.15, 0.2) is 0 Å². The lowest BCUT2D eigenvalue weighted by Gasteiger charge is -2.20. The van der Waals surface area contributed by atoms with Gasteiger partial charge < -0.3 is 5.32 Å². The molecule has 0 aliphatic rings. The first kappa shape index (κ1) is 17.3. The van der Waals surface area contributed by atoms with E-state index in [0.717, 1.165) is 11.1 Å². The molecule has 28 heavy (non-hydrogen) atoms. The fourth-order valence-electron chi connectivity index (χ4n) is 3.00. The fourth-order valence-corrected chi connectivity index (χ4v) is 3.00. The van der Waals surface area contributed by atoms with Crippen molar-refractivity contribution >= 4 is 11.5 Å². The molecule has 0 bridgehead atoms. The lowest BCUT2D eigenvalue weighted by atomic mass is 9.99. The standard InChI is InChI=1S/C20H16N6O2/c27-26(28)18-19(22-13-23-20(18)25-12-11-21-14-25)24-17(15-7-3-1-4-8-15)16-9-5-2-6-10-16/h1-14,17H,(H,22,23,24). The van der Waals surface area contributed by atoms with Gasteiger partial charge in [-0.05, 0) is 11.1 Å². The fraction of sp³-hybridized carbons (Fsp3) is 0.0500. The Labute approximate surface area is 160 Å². The van der Waals surface area contributed by atoms with Crippen LogP contribution in [0, 0.1) is 10.1 Å². The van der Waals surface area contributed by atoms with Gasteiger partial charge in [-0.25, -0.2) is 15.0 Å². The van der Waals surface area contributed by atoms with Crippen LogP contribution in [0.4, 0.5) is 11.5 Å². The second-order valence-corrected chi connectivity index (χ2v) is 6.02. The Kier molecular flexibility index (Phi) is 4.75. The van der Waals surface area contributed by atoms with Crippen molar-refractivity contribution in [1.29, 1.82) is 0 Å². The van der Waals surface area contributed by atoms with Gasteiger partial charge in [0.25, 0.3) is 0 Å². The van der Waals surface area contributed by atoms with Crippen LogP contribution in [0.15, 0.2) is 85.7 Å². The first-order valence-corrected chi connectivity index (χ1v) is 8.58. The minimum absolute atomic E-state index is 0.140. The number of anilines is 1. The van der Waals surface area contributed by atoms with Crippen molar-refractivity contribution in [3.63, 3.8) is 0 Å². The molecule has 0 atom stereocenters. The average Bonchev–Trinajstić information content (AvgIpc) is 3.27. The molecule has 8 heteroatoms. The molecule has 4 aromatic rings. The van der Waals surface area contributed by atoms with Crippen molar-refractivity contribution in [2.24, 2.45) is 0 Å². The number of benzene rings is 2. The Balaban J connectivity index is 1.81. The van der Waals surface area contributed by atoms with Crippen LogP contribution in [0.2, 0.25) is 0 Å². The van der Waals surface area contributed by atoms with Gasteiger partial charge in [0.1, 0.15) is 12.7 Å². The molecule has 0 fully saturated rings. The second-order valence-electron chi connectivity index (χ2n) is 6.02. The monoisotopic (exact) mass is 372 g/mol. The smallest absolute Gasteiger partial charge is 0.353 e. The minimum Gasteiger partial charge on any atom is -0.353 e. The molecule has 0 saturated heterocycles. The van der Waals surface area contributed by atoms with Crippen molar-refractivity contribution in [3.05, 3.63) is 107 Å². The Morgan fingerprint density at radius 2 is 1.61 bits per heavy atom. The van der Waals surface area contributed by atoms with Gasteiger partial charge in [-0.2, -0.15) is 0 Å². The van der Waals surface area contributed by atoms with Crippen molar-refractivity contribution in [2.75, 3.05) is 5.32 Å². The molecule has 138 valence electrons. The first-order chi connectivity index (χ1) is 13.7. The Hall–Kier alpha value is -4.07. The molecule has 0 aliphatic heterocycles. The Morgan fingerprint density at radius 1 is 0.964 bits per heavy atom. The summed E-state index contributed by atoms with van der Waals surface area (Å²) in [5.74, 6) is 0.293. The summed E-state index contributed by atoms with van der Waals surface area (Å²) in [4.78, 5) is 23.6. The summed E-state index contributed by atoms with van der Waals surface area (Å²) >= 11 is 0. The maximum absolute atomic E-state index is 11.8. The van der Waals surface area contributed by atoms with E-state index >= 15 is 0 Å². The molecule has 2 aromatic carbocycles. The number of hydrogen-bond acceptors (Lipinski definition) is 6. The topological polar surface area (TPSA) is 98.8 Å². The van der Waals surface area contributed by atoms with Gasteiger partial charge in [0.2, 0.25) is 11.6 Å². The minimum atomic E-state index is -0.481. The zero-order valence-electron chi connectivity index (χ0n) is 14.7. The Bertz CT molecular complexity index is 1030. The summed E-state index contributed by atoms with van der Waals surface area (Å²) in [5.41, 5.74) is 1.72. The normalized spacial score (nSPS) is 10.8. The third kappa shape index (κ3) is 3.43. The summed E-state index contributed by atoms with van der Waals surface area (Å²) in [7, 11) is 0. The first-order valence-electron chi connectivity index (χ1n) is 8.58. The van der Waals surface area contributed by atoms with Crippen molar-refractivity contribution in [1.82, 2.24) is 19.5 Å². The third-order valence-corrected chi connectivity index (χ3v) is 4.28. The van der Waals surface area contributed by atoms with Crippen LogP contribution in [0.1, 0.15) is 17.2 Å². The van der Waals surface area contributed by atoms with Gasteiger partial charge in [-0.15, -0.1) is 0 Å². The zero-order chi connectivity index (χ0) is 19.3. The molecule has 0 radical (unpaired) electrons. The number of imidazole rings is 1. The van der Waals surface area contributed by atoms with Crippen LogP contribution in [-0.4, -0.2) is 24.4 Å². The predicted molar refractivity (Wildman–Crippen MR) is 104 cm³/mol. The molecule has 0 saturated carbocycles. The van der Waals surface area contributed by atoms with E-state index in [1.165, 1.54) is 23.4 Å². The predicted octanol–water partition coefficient (Wildman–Crippen LogP) is 3.77. The van der Waals surface area contributed by atoms with Crippen LogP contribution >= 0.6 is 0 Å². The molecule has 0 amide bonds. The number of nitrogens with one attached hydrogen (secondary N) is 1. The van der Waals surface area contributed by atoms with E-state index in [0.29, 0.717) is 0 Å². The van der Waals surface area contributed by atoms with E-state index in [4.69, 9.17) is 0 Å². The largest absolute Gasteiger partial charge is 0.354 e. The number of aromatic nitrogens is 4. The highest BCUT2D eigenvalue weighted by atomic mass is 16.6. The summed E-state index contributed by atoms with van der Waals surface area (Å²) in [6.45, 7) is 0. The zero-order valence-corrected chi connectivity index (χ0v) is 14.7. The number of nitro groups is 1. The maximum atomic E-state index is 11.8. The summed E-state index contributed by atoms with van der Waals surface area (Å²) < 4.78 is 1.49. The highest BCUT2D eigenvalue weighted by Crippen LogP contribution is 2.33. The summed E-state index contributed by atoms with van der Waals surface area (Å²) in [5, 5.41) is 15.1. The molecule has 0 unspecified atom stereocenters. The molecule has 0 aliphatic carbocycles. The van der Waals surface area contributed by atoms with E-state index < -0.39 is 4.92 Å². The van der Waals surface area contributed by atoms with E-state index in [-0.39, 0.29) is 23.4 Å². The molecule has 2 aromatic heterocycles. The molecule has 0 spiro atoms.